The molecular formula is C55H38N4. The van der Waals surface area contributed by atoms with Crippen molar-refractivity contribution in [1.29, 1.82) is 0 Å². The van der Waals surface area contributed by atoms with Crippen LogP contribution >= 0.6 is 0 Å². The average molecular weight is 755 g/mol. The average Bonchev–Trinajstić information content (AvgIpc) is 3.93. The van der Waals surface area contributed by atoms with E-state index in [2.05, 4.69) is 194 Å². The van der Waals surface area contributed by atoms with E-state index in [1.807, 2.05) is 18.5 Å². The summed E-state index contributed by atoms with van der Waals surface area (Å²) in [4.78, 5) is 15.4. The summed E-state index contributed by atoms with van der Waals surface area (Å²) in [5, 5.41) is 1.11. The molecular weight excluding hydrogens is 717 g/mol. The summed E-state index contributed by atoms with van der Waals surface area (Å²) in [5.41, 5.74) is 19.7. The fourth-order valence-electron chi connectivity index (χ4n) is 10.2. The van der Waals surface area contributed by atoms with Gasteiger partial charge in [-0.05, 0) is 79.9 Å². The molecule has 0 fully saturated rings. The second-order valence-corrected chi connectivity index (χ2v) is 16.4. The molecule has 0 saturated carbocycles. The summed E-state index contributed by atoms with van der Waals surface area (Å²) in [6, 6.07) is 64.0. The lowest BCUT2D eigenvalue weighted by Crippen LogP contribution is -2.28. The van der Waals surface area contributed by atoms with Gasteiger partial charge in [0.1, 0.15) is 5.69 Å². The highest BCUT2D eigenvalue weighted by atomic mass is 15.0. The lowest BCUT2D eigenvalue weighted by atomic mass is 9.67. The van der Waals surface area contributed by atoms with Crippen molar-refractivity contribution in [2.75, 3.05) is 0 Å². The molecule has 0 bridgehead atoms. The van der Waals surface area contributed by atoms with Crippen LogP contribution in [0, 0.1) is 0 Å². The van der Waals surface area contributed by atoms with Crippen molar-refractivity contribution in [2.45, 2.75) is 24.7 Å². The van der Waals surface area contributed by atoms with Gasteiger partial charge in [0.15, 0.2) is 5.65 Å². The van der Waals surface area contributed by atoms with Crippen molar-refractivity contribution in [2.24, 2.45) is 0 Å². The van der Waals surface area contributed by atoms with E-state index in [1.165, 1.54) is 55.6 Å². The Morgan fingerprint density at radius 1 is 0.475 bits per heavy atom. The highest BCUT2D eigenvalue weighted by Gasteiger charge is 2.46. The predicted molar refractivity (Wildman–Crippen MR) is 239 cm³/mol. The number of fused-ring (bicyclic) bond motifs is 8. The summed E-state index contributed by atoms with van der Waals surface area (Å²) in [5.74, 6) is 0. The zero-order valence-electron chi connectivity index (χ0n) is 32.8. The summed E-state index contributed by atoms with van der Waals surface area (Å²) in [7, 11) is 0. The minimum absolute atomic E-state index is 0.151. The maximum absolute atomic E-state index is 5.59. The molecule has 0 amide bonds. The van der Waals surface area contributed by atoms with Crippen LogP contribution in [0.4, 0.5) is 0 Å². The Morgan fingerprint density at radius 2 is 1.08 bits per heavy atom. The first-order chi connectivity index (χ1) is 29.0. The van der Waals surface area contributed by atoms with Gasteiger partial charge in [-0.25, -0.2) is 9.97 Å². The SMILES string of the molecule is CC1(C)c2ccccc2-c2ccc(-c3nc(-c4ccc5c(c4)C(c4ccccc4)(c4ccccc4)c4ccccc4-5)cn4c(-c5ccc6cccnc6c5)cnc34)cc21. The van der Waals surface area contributed by atoms with Gasteiger partial charge >= 0.3 is 0 Å². The van der Waals surface area contributed by atoms with Crippen molar-refractivity contribution in [3.8, 4) is 56.0 Å². The zero-order chi connectivity index (χ0) is 39.3. The number of hydrogen-bond acceptors (Lipinski definition) is 3. The molecule has 2 aliphatic carbocycles. The van der Waals surface area contributed by atoms with Crippen LogP contribution < -0.4 is 0 Å². The normalized spacial score (nSPS) is 14.2. The van der Waals surface area contributed by atoms with E-state index in [0.717, 1.165) is 50.3 Å². The zero-order valence-corrected chi connectivity index (χ0v) is 32.8. The van der Waals surface area contributed by atoms with Crippen LogP contribution in [0.15, 0.2) is 195 Å². The molecule has 2 aliphatic rings. The Bertz CT molecular complexity index is 3260. The molecule has 0 aliphatic heterocycles. The van der Waals surface area contributed by atoms with Crippen molar-refractivity contribution in [1.82, 2.24) is 19.4 Å². The van der Waals surface area contributed by atoms with Crippen LogP contribution in [0.3, 0.4) is 0 Å². The van der Waals surface area contributed by atoms with Gasteiger partial charge in [0.25, 0.3) is 0 Å². The van der Waals surface area contributed by atoms with Crippen LogP contribution in [0.5, 0.6) is 0 Å². The molecule has 3 heterocycles. The third kappa shape index (κ3) is 4.80. The molecule has 0 radical (unpaired) electrons. The van der Waals surface area contributed by atoms with Gasteiger partial charge in [-0.1, -0.05) is 166 Å². The molecule has 0 N–H and O–H groups in total. The van der Waals surface area contributed by atoms with Gasteiger partial charge in [0, 0.05) is 39.9 Å². The van der Waals surface area contributed by atoms with Crippen molar-refractivity contribution in [3.63, 3.8) is 0 Å². The summed E-state index contributed by atoms with van der Waals surface area (Å²) in [6.07, 6.45) is 6.01. The van der Waals surface area contributed by atoms with Gasteiger partial charge in [0.05, 0.1) is 28.5 Å². The van der Waals surface area contributed by atoms with Crippen molar-refractivity contribution >= 4 is 16.6 Å². The largest absolute Gasteiger partial charge is 0.296 e. The Labute approximate surface area is 343 Å². The van der Waals surface area contributed by atoms with Crippen LogP contribution in [-0.4, -0.2) is 19.4 Å². The van der Waals surface area contributed by atoms with Gasteiger partial charge in [-0.3, -0.25) is 9.38 Å². The fraction of sp³-hybridized carbons (Fsp3) is 0.0727. The first-order valence-corrected chi connectivity index (χ1v) is 20.3. The van der Waals surface area contributed by atoms with Crippen LogP contribution in [0.25, 0.3) is 72.6 Å². The van der Waals surface area contributed by atoms with E-state index in [4.69, 9.17) is 15.0 Å². The van der Waals surface area contributed by atoms with E-state index < -0.39 is 5.41 Å². The van der Waals surface area contributed by atoms with Crippen LogP contribution in [-0.2, 0) is 10.8 Å². The number of pyridine rings is 1. The van der Waals surface area contributed by atoms with Crippen LogP contribution in [0.2, 0.25) is 0 Å². The lowest BCUT2D eigenvalue weighted by molar-refractivity contribution is 0.660. The Kier molecular flexibility index (Phi) is 7.16. The standard InChI is InChI=1S/C55H38N4/c1-54(2)45-21-11-9-19-41(45)43-28-26-38(31-47(43)54)52-53-57-33-51(37-24-23-35-14-13-29-56-49(35)32-37)59(53)34-50(58-52)36-25-27-44-42-20-10-12-22-46(42)55(48(44)30-36,39-15-5-3-6-16-39)40-17-7-4-8-18-40/h3-34H,1-2H3. The predicted octanol–water partition coefficient (Wildman–Crippen LogP) is 12.9. The van der Waals surface area contributed by atoms with E-state index in [1.54, 1.807) is 0 Å². The lowest BCUT2D eigenvalue weighted by Gasteiger charge is -2.34. The second-order valence-electron chi connectivity index (χ2n) is 16.4. The summed E-state index contributed by atoms with van der Waals surface area (Å²) >= 11 is 0. The number of benzene rings is 7. The Hall–Kier alpha value is -7.43. The molecule has 0 unspecified atom stereocenters. The molecule has 10 aromatic rings. The van der Waals surface area contributed by atoms with Gasteiger partial charge < -0.3 is 0 Å². The third-order valence-corrected chi connectivity index (χ3v) is 13.0. The molecule has 278 valence electrons. The monoisotopic (exact) mass is 754 g/mol. The highest BCUT2D eigenvalue weighted by Crippen LogP contribution is 2.57. The topological polar surface area (TPSA) is 43.1 Å². The number of imidazole rings is 1. The number of hydrogen-bond donors (Lipinski definition) is 0. The van der Waals surface area contributed by atoms with E-state index in [9.17, 15) is 0 Å². The van der Waals surface area contributed by atoms with Gasteiger partial charge in [-0.2, -0.15) is 0 Å². The van der Waals surface area contributed by atoms with E-state index in [-0.39, 0.29) is 5.41 Å². The van der Waals surface area contributed by atoms with Crippen molar-refractivity contribution in [3.05, 3.63) is 228 Å². The summed E-state index contributed by atoms with van der Waals surface area (Å²) in [6.45, 7) is 4.66. The molecule has 4 nitrogen and oxygen atoms in total. The van der Waals surface area contributed by atoms with Gasteiger partial charge in [0.2, 0.25) is 0 Å². The quantitative estimate of drug-likeness (QED) is 0.176. The van der Waals surface area contributed by atoms with E-state index in [0.29, 0.717) is 0 Å². The molecule has 0 saturated heterocycles. The number of nitrogens with zero attached hydrogens (tertiary/aromatic N) is 4. The minimum atomic E-state index is -0.518. The van der Waals surface area contributed by atoms with Crippen LogP contribution in [0.1, 0.15) is 47.2 Å². The maximum atomic E-state index is 5.59. The van der Waals surface area contributed by atoms with Gasteiger partial charge in [-0.15, -0.1) is 0 Å². The molecule has 4 heteroatoms. The Balaban J connectivity index is 1.12. The molecule has 7 aromatic carbocycles. The Morgan fingerprint density at radius 3 is 1.85 bits per heavy atom. The molecule has 0 spiro atoms. The van der Waals surface area contributed by atoms with E-state index >= 15 is 0 Å². The van der Waals surface area contributed by atoms with Crippen molar-refractivity contribution < 1.29 is 0 Å². The molecule has 12 rings (SSSR count). The first-order valence-electron chi connectivity index (χ1n) is 20.3. The highest BCUT2D eigenvalue weighted by molar-refractivity contribution is 5.90. The minimum Gasteiger partial charge on any atom is -0.296 e. The maximum Gasteiger partial charge on any atom is 0.164 e. The molecule has 3 aromatic heterocycles. The number of rotatable bonds is 5. The second kappa shape index (κ2) is 12.5. The number of aromatic nitrogens is 4. The third-order valence-electron chi connectivity index (χ3n) is 13.0. The molecule has 0 atom stereocenters. The molecule has 59 heavy (non-hydrogen) atoms. The summed E-state index contributed by atoms with van der Waals surface area (Å²) < 4.78 is 2.23. The smallest absolute Gasteiger partial charge is 0.164 e. The fourth-order valence-corrected chi connectivity index (χ4v) is 10.2. The first kappa shape index (κ1) is 33.7.